The second kappa shape index (κ2) is 5.25. The summed E-state index contributed by atoms with van der Waals surface area (Å²) in [6.07, 6.45) is 4.71. The average molecular weight is 306 g/mol. The number of nitrogens with one attached hydrogen (secondary N) is 1. The van der Waals surface area contributed by atoms with E-state index in [4.69, 9.17) is 0 Å². The summed E-state index contributed by atoms with van der Waals surface area (Å²) in [4.78, 5) is 28.1. The van der Waals surface area contributed by atoms with E-state index in [1.807, 2.05) is 0 Å². The molecule has 0 spiro atoms. The van der Waals surface area contributed by atoms with Crippen LogP contribution in [0.5, 0.6) is 0 Å². The van der Waals surface area contributed by atoms with Crippen LogP contribution in [0, 0.1) is 5.82 Å². The van der Waals surface area contributed by atoms with Gasteiger partial charge in [0.15, 0.2) is 0 Å². The molecule has 0 saturated carbocycles. The number of nitrogens with zero attached hydrogens (tertiary/aromatic N) is 1. The smallest absolute Gasteiger partial charge is 0.339 e. The second-order valence-electron chi connectivity index (χ2n) is 4.71. The first-order valence-corrected chi connectivity index (χ1v) is 7.17. The summed E-state index contributed by atoms with van der Waals surface area (Å²) in [6, 6.07) is 1.06. The quantitative estimate of drug-likeness (QED) is 0.914. The van der Waals surface area contributed by atoms with Crippen LogP contribution in [-0.2, 0) is 12.8 Å². The third-order valence-electron chi connectivity index (χ3n) is 3.33. The number of pyridine rings is 1. The predicted octanol–water partition coefficient (Wildman–Crippen LogP) is 2.72. The van der Waals surface area contributed by atoms with Crippen molar-refractivity contribution in [1.82, 2.24) is 4.98 Å². The fourth-order valence-corrected chi connectivity index (χ4v) is 3.71. The topological polar surface area (TPSA) is 79.3 Å². The molecule has 1 aliphatic carbocycles. The lowest BCUT2D eigenvalue weighted by atomic mass is 10.1. The maximum atomic E-state index is 13.1. The molecule has 21 heavy (non-hydrogen) atoms. The molecule has 2 N–H and O–H groups in total. The van der Waals surface area contributed by atoms with E-state index in [1.165, 1.54) is 17.5 Å². The summed E-state index contributed by atoms with van der Waals surface area (Å²) in [5, 5.41) is 12.2. The number of fused-ring (bicyclic) bond motifs is 1. The van der Waals surface area contributed by atoms with Crippen molar-refractivity contribution in [1.29, 1.82) is 0 Å². The Labute approximate surface area is 123 Å². The van der Waals surface area contributed by atoms with Gasteiger partial charge in [0.25, 0.3) is 5.91 Å². The standard InChI is InChI=1S/C14H11FN2O3S/c15-8-4-7(5-16-6-8)12(18)17-13-11(14(19)20)9-2-1-3-10(9)21-13/h4-6H,1-3H2,(H,17,18)(H,19,20). The van der Waals surface area contributed by atoms with E-state index in [0.717, 1.165) is 35.5 Å². The van der Waals surface area contributed by atoms with Crippen molar-refractivity contribution in [2.45, 2.75) is 19.3 Å². The number of halogens is 1. The van der Waals surface area contributed by atoms with Crippen LogP contribution in [0.4, 0.5) is 9.39 Å². The van der Waals surface area contributed by atoms with Gasteiger partial charge in [-0.05, 0) is 30.9 Å². The van der Waals surface area contributed by atoms with Gasteiger partial charge in [0.1, 0.15) is 10.8 Å². The van der Waals surface area contributed by atoms with Crippen LogP contribution in [0.3, 0.4) is 0 Å². The number of anilines is 1. The van der Waals surface area contributed by atoms with Gasteiger partial charge in [-0.1, -0.05) is 0 Å². The predicted molar refractivity (Wildman–Crippen MR) is 75.5 cm³/mol. The number of aromatic carboxylic acids is 1. The third-order valence-corrected chi connectivity index (χ3v) is 4.54. The second-order valence-corrected chi connectivity index (χ2v) is 5.82. The Kier molecular flexibility index (Phi) is 3.42. The maximum Gasteiger partial charge on any atom is 0.339 e. The molecule has 2 heterocycles. The molecule has 0 bridgehead atoms. The molecule has 0 aromatic carbocycles. The van der Waals surface area contributed by atoms with Crippen LogP contribution in [0.2, 0.25) is 0 Å². The lowest BCUT2D eigenvalue weighted by molar-refractivity contribution is 0.0697. The lowest BCUT2D eigenvalue weighted by Gasteiger charge is -2.05. The zero-order chi connectivity index (χ0) is 15.0. The molecule has 7 heteroatoms. The number of carboxylic acids is 1. The van der Waals surface area contributed by atoms with Crippen molar-refractivity contribution >= 4 is 28.2 Å². The minimum atomic E-state index is -1.05. The summed E-state index contributed by atoms with van der Waals surface area (Å²) in [6.45, 7) is 0. The Morgan fingerprint density at radius 2 is 2.14 bits per heavy atom. The molecule has 1 aliphatic rings. The summed E-state index contributed by atoms with van der Waals surface area (Å²) >= 11 is 1.28. The highest BCUT2D eigenvalue weighted by Gasteiger charge is 2.27. The van der Waals surface area contributed by atoms with E-state index in [0.29, 0.717) is 11.4 Å². The molecule has 2 aromatic heterocycles. The number of amides is 1. The van der Waals surface area contributed by atoms with E-state index >= 15 is 0 Å². The molecule has 0 aliphatic heterocycles. The van der Waals surface area contributed by atoms with Crippen molar-refractivity contribution in [3.8, 4) is 0 Å². The Morgan fingerprint density at radius 3 is 2.86 bits per heavy atom. The van der Waals surface area contributed by atoms with Crippen molar-refractivity contribution in [2.75, 3.05) is 5.32 Å². The number of rotatable bonds is 3. The number of thiophene rings is 1. The molecule has 2 aromatic rings. The highest BCUT2D eigenvalue weighted by atomic mass is 32.1. The number of carbonyl (C=O) groups excluding carboxylic acids is 1. The fraction of sp³-hybridized carbons (Fsp3) is 0.214. The van der Waals surface area contributed by atoms with Crippen LogP contribution in [0.1, 0.15) is 37.6 Å². The molecule has 0 atom stereocenters. The highest BCUT2D eigenvalue weighted by Crippen LogP contribution is 2.39. The minimum Gasteiger partial charge on any atom is -0.478 e. The summed E-state index contributed by atoms with van der Waals surface area (Å²) in [5.41, 5.74) is 1.02. The number of carboxylic acid groups (broad SMARTS) is 1. The lowest BCUT2D eigenvalue weighted by Crippen LogP contribution is -2.14. The Hall–Kier alpha value is -2.28. The average Bonchev–Trinajstić information content (AvgIpc) is 2.98. The zero-order valence-corrected chi connectivity index (χ0v) is 11.7. The van der Waals surface area contributed by atoms with Gasteiger partial charge in [-0.3, -0.25) is 9.78 Å². The molecular formula is C14H11FN2O3S. The first-order valence-electron chi connectivity index (χ1n) is 6.36. The van der Waals surface area contributed by atoms with E-state index in [-0.39, 0.29) is 11.1 Å². The van der Waals surface area contributed by atoms with Gasteiger partial charge in [-0.15, -0.1) is 11.3 Å². The van der Waals surface area contributed by atoms with Gasteiger partial charge < -0.3 is 10.4 Å². The SMILES string of the molecule is O=C(Nc1sc2c(c1C(=O)O)CCC2)c1cncc(F)c1. The normalized spacial score (nSPS) is 13.0. The highest BCUT2D eigenvalue weighted by molar-refractivity contribution is 7.17. The summed E-state index contributed by atoms with van der Waals surface area (Å²) in [5.74, 6) is -2.23. The van der Waals surface area contributed by atoms with Gasteiger partial charge in [-0.25, -0.2) is 9.18 Å². The molecule has 0 fully saturated rings. The number of aryl methyl sites for hydroxylation is 1. The van der Waals surface area contributed by atoms with Crippen molar-refractivity contribution < 1.29 is 19.1 Å². The number of carbonyl (C=O) groups is 2. The molecule has 3 rings (SSSR count). The molecule has 5 nitrogen and oxygen atoms in total. The van der Waals surface area contributed by atoms with E-state index in [2.05, 4.69) is 10.3 Å². The number of hydrogen-bond acceptors (Lipinski definition) is 4. The van der Waals surface area contributed by atoms with Crippen molar-refractivity contribution in [2.24, 2.45) is 0 Å². The molecule has 108 valence electrons. The monoisotopic (exact) mass is 306 g/mol. The van der Waals surface area contributed by atoms with Gasteiger partial charge in [0.2, 0.25) is 0 Å². The number of aromatic nitrogens is 1. The van der Waals surface area contributed by atoms with Crippen LogP contribution in [-0.4, -0.2) is 22.0 Å². The molecule has 0 unspecified atom stereocenters. The van der Waals surface area contributed by atoms with E-state index < -0.39 is 17.7 Å². The number of hydrogen-bond donors (Lipinski definition) is 2. The van der Waals surface area contributed by atoms with Crippen molar-refractivity contribution in [3.05, 3.63) is 45.8 Å². The molecule has 0 radical (unpaired) electrons. The largest absolute Gasteiger partial charge is 0.478 e. The van der Waals surface area contributed by atoms with Crippen LogP contribution >= 0.6 is 11.3 Å². The van der Waals surface area contributed by atoms with Gasteiger partial charge in [-0.2, -0.15) is 0 Å². The van der Waals surface area contributed by atoms with Gasteiger partial charge in [0.05, 0.1) is 17.3 Å². The van der Waals surface area contributed by atoms with Gasteiger partial charge in [0, 0.05) is 11.1 Å². The summed E-state index contributed by atoms with van der Waals surface area (Å²) in [7, 11) is 0. The molecule has 1 amide bonds. The molecular weight excluding hydrogens is 295 g/mol. The Morgan fingerprint density at radius 1 is 1.33 bits per heavy atom. The Bertz CT molecular complexity index is 742. The Balaban J connectivity index is 1.92. The van der Waals surface area contributed by atoms with E-state index in [9.17, 15) is 19.1 Å². The van der Waals surface area contributed by atoms with E-state index in [1.54, 1.807) is 0 Å². The van der Waals surface area contributed by atoms with Crippen molar-refractivity contribution in [3.63, 3.8) is 0 Å². The van der Waals surface area contributed by atoms with Crippen LogP contribution in [0.15, 0.2) is 18.5 Å². The first kappa shape index (κ1) is 13.7. The minimum absolute atomic E-state index is 0.0555. The summed E-state index contributed by atoms with van der Waals surface area (Å²) < 4.78 is 13.1. The molecule has 0 saturated heterocycles. The zero-order valence-electron chi connectivity index (χ0n) is 10.9. The van der Waals surface area contributed by atoms with Gasteiger partial charge >= 0.3 is 5.97 Å². The van der Waals surface area contributed by atoms with Crippen LogP contribution < -0.4 is 5.32 Å². The van der Waals surface area contributed by atoms with Crippen LogP contribution in [0.25, 0.3) is 0 Å². The first-order chi connectivity index (χ1) is 10.1. The fourth-order valence-electron chi connectivity index (χ4n) is 2.43. The third kappa shape index (κ3) is 2.52. The maximum absolute atomic E-state index is 13.1.